The first-order chi connectivity index (χ1) is 9.10. The van der Waals surface area contributed by atoms with Crippen molar-refractivity contribution < 1.29 is 4.39 Å². The van der Waals surface area contributed by atoms with Gasteiger partial charge in [0.15, 0.2) is 0 Å². The van der Waals surface area contributed by atoms with Crippen LogP contribution in [-0.2, 0) is 19.3 Å². The Morgan fingerprint density at radius 2 is 1.95 bits per heavy atom. The molecular weight excluding hydrogens is 281 g/mol. The third-order valence-electron chi connectivity index (χ3n) is 3.04. The smallest absolute Gasteiger partial charge is 0.145 e. The van der Waals surface area contributed by atoms with E-state index >= 15 is 0 Å². The van der Waals surface area contributed by atoms with Gasteiger partial charge in [0.2, 0.25) is 0 Å². The molecule has 0 aliphatic rings. The number of halogens is 2. The summed E-state index contributed by atoms with van der Waals surface area (Å²) < 4.78 is 13.8. The molecule has 0 fully saturated rings. The van der Waals surface area contributed by atoms with Gasteiger partial charge in [-0.1, -0.05) is 30.7 Å². The number of hydrogen-bond donors (Lipinski definition) is 1. The molecule has 19 heavy (non-hydrogen) atoms. The van der Waals surface area contributed by atoms with E-state index in [9.17, 15) is 4.39 Å². The van der Waals surface area contributed by atoms with Gasteiger partial charge in [0, 0.05) is 15.8 Å². The Labute approximate surface area is 122 Å². The summed E-state index contributed by atoms with van der Waals surface area (Å²) in [5.41, 5.74) is 6.69. The molecule has 2 rings (SSSR count). The van der Waals surface area contributed by atoms with E-state index in [2.05, 4.69) is 19.1 Å². The topological polar surface area (TPSA) is 26.0 Å². The molecule has 2 N–H and O–H groups in total. The van der Waals surface area contributed by atoms with Crippen LogP contribution in [0.3, 0.4) is 0 Å². The molecule has 0 bridgehead atoms. The van der Waals surface area contributed by atoms with Crippen LogP contribution in [0.25, 0.3) is 0 Å². The summed E-state index contributed by atoms with van der Waals surface area (Å²) in [6.07, 6.45) is 2.32. The molecular formula is C15H17ClFNS. The molecule has 0 saturated heterocycles. The lowest BCUT2D eigenvalue weighted by Gasteiger charge is -2.11. The van der Waals surface area contributed by atoms with Crippen LogP contribution in [0.1, 0.15) is 22.2 Å². The minimum atomic E-state index is -0.347. The van der Waals surface area contributed by atoms with Gasteiger partial charge in [-0.15, -0.1) is 11.3 Å². The molecule has 0 amide bonds. The minimum absolute atomic E-state index is 0.0867. The van der Waals surface area contributed by atoms with E-state index in [-0.39, 0.29) is 16.9 Å². The van der Waals surface area contributed by atoms with E-state index in [1.54, 1.807) is 29.5 Å². The molecule has 0 radical (unpaired) electrons. The summed E-state index contributed by atoms with van der Waals surface area (Å²) in [6.45, 7) is 2.14. The fourth-order valence-corrected chi connectivity index (χ4v) is 3.29. The third-order valence-corrected chi connectivity index (χ3v) is 4.59. The first-order valence-corrected chi connectivity index (χ1v) is 7.55. The van der Waals surface area contributed by atoms with Gasteiger partial charge in [-0.2, -0.15) is 0 Å². The second-order valence-electron chi connectivity index (χ2n) is 4.60. The van der Waals surface area contributed by atoms with Crippen molar-refractivity contribution in [3.8, 4) is 0 Å². The summed E-state index contributed by atoms with van der Waals surface area (Å²) in [4.78, 5) is 2.61. The Morgan fingerprint density at radius 1 is 1.21 bits per heavy atom. The van der Waals surface area contributed by atoms with Crippen LogP contribution >= 0.6 is 22.9 Å². The van der Waals surface area contributed by atoms with Crippen molar-refractivity contribution in [2.75, 3.05) is 0 Å². The van der Waals surface area contributed by atoms with Gasteiger partial charge in [-0.3, -0.25) is 0 Å². The maximum Gasteiger partial charge on any atom is 0.145 e. The van der Waals surface area contributed by atoms with Crippen LogP contribution < -0.4 is 5.73 Å². The van der Waals surface area contributed by atoms with E-state index in [4.69, 9.17) is 17.3 Å². The van der Waals surface area contributed by atoms with Crippen molar-refractivity contribution >= 4 is 22.9 Å². The highest BCUT2D eigenvalue weighted by Crippen LogP contribution is 2.21. The van der Waals surface area contributed by atoms with E-state index in [0.717, 1.165) is 12.8 Å². The van der Waals surface area contributed by atoms with Crippen molar-refractivity contribution in [1.82, 2.24) is 0 Å². The maximum absolute atomic E-state index is 13.8. The van der Waals surface area contributed by atoms with Crippen LogP contribution in [0.15, 0.2) is 30.3 Å². The molecule has 1 heterocycles. The van der Waals surface area contributed by atoms with Gasteiger partial charge in [-0.05, 0) is 43.0 Å². The maximum atomic E-state index is 13.8. The van der Waals surface area contributed by atoms with E-state index < -0.39 is 0 Å². The van der Waals surface area contributed by atoms with Crippen LogP contribution in [0.2, 0.25) is 5.02 Å². The quantitative estimate of drug-likeness (QED) is 0.879. The molecule has 1 atom stereocenters. The molecule has 0 spiro atoms. The van der Waals surface area contributed by atoms with E-state index in [1.165, 1.54) is 9.75 Å². The van der Waals surface area contributed by atoms with Crippen LogP contribution in [-0.4, -0.2) is 6.04 Å². The van der Waals surface area contributed by atoms with Gasteiger partial charge in [0.05, 0.1) is 5.02 Å². The first-order valence-electron chi connectivity index (χ1n) is 6.36. The second kappa shape index (κ2) is 6.51. The average Bonchev–Trinajstić information content (AvgIpc) is 2.82. The highest BCUT2D eigenvalue weighted by Gasteiger charge is 2.12. The second-order valence-corrected chi connectivity index (χ2v) is 6.26. The zero-order valence-electron chi connectivity index (χ0n) is 10.8. The zero-order chi connectivity index (χ0) is 13.8. The van der Waals surface area contributed by atoms with Gasteiger partial charge in [-0.25, -0.2) is 4.39 Å². The van der Waals surface area contributed by atoms with Crippen molar-refractivity contribution in [1.29, 1.82) is 0 Å². The summed E-state index contributed by atoms with van der Waals surface area (Å²) in [5, 5.41) is 0.161. The van der Waals surface area contributed by atoms with Gasteiger partial charge < -0.3 is 5.73 Å². The number of nitrogens with two attached hydrogens (primary N) is 1. The van der Waals surface area contributed by atoms with Crippen molar-refractivity contribution in [3.05, 3.63) is 56.5 Å². The first kappa shape index (κ1) is 14.5. The molecule has 2 aromatic rings. The predicted molar refractivity (Wildman–Crippen MR) is 80.5 cm³/mol. The molecule has 1 aromatic heterocycles. The Bertz CT molecular complexity index is 553. The summed E-state index contributed by atoms with van der Waals surface area (Å²) in [7, 11) is 0. The number of rotatable bonds is 5. The third kappa shape index (κ3) is 3.78. The van der Waals surface area contributed by atoms with Gasteiger partial charge in [0.1, 0.15) is 5.82 Å². The van der Waals surface area contributed by atoms with Crippen molar-refractivity contribution in [2.24, 2.45) is 5.73 Å². The summed E-state index contributed by atoms with van der Waals surface area (Å²) >= 11 is 7.55. The van der Waals surface area contributed by atoms with E-state index in [1.807, 2.05) is 0 Å². The van der Waals surface area contributed by atoms with Crippen molar-refractivity contribution in [3.63, 3.8) is 0 Å². The van der Waals surface area contributed by atoms with Crippen LogP contribution in [0.4, 0.5) is 4.39 Å². The number of hydrogen-bond acceptors (Lipinski definition) is 2. The Hall–Kier alpha value is -0.900. The zero-order valence-corrected chi connectivity index (χ0v) is 12.4. The highest BCUT2D eigenvalue weighted by atomic mass is 35.5. The normalized spacial score (nSPS) is 12.6. The lowest BCUT2D eigenvalue weighted by atomic mass is 10.0. The molecule has 1 nitrogen and oxygen atoms in total. The van der Waals surface area contributed by atoms with Crippen LogP contribution in [0, 0.1) is 5.82 Å². The Balaban J connectivity index is 2.01. The largest absolute Gasteiger partial charge is 0.327 e. The standard InChI is InChI=1S/C15H17ClFNS/c1-2-12-6-7-13(19-12)9-11(18)8-10-4-3-5-14(16)15(10)17/h3-7,11H,2,8-9,18H2,1H3. The monoisotopic (exact) mass is 297 g/mol. The molecule has 0 aliphatic carbocycles. The fraction of sp³-hybridized carbons (Fsp3) is 0.333. The fourth-order valence-electron chi connectivity index (χ4n) is 2.04. The lowest BCUT2D eigenvalue weighted by molar-refractivity contribution is 0.585. The molecule has 0 saturated carbocycles. The molecule has 102 valence electrons. The SMILES string of the molecule is CCc1ccc(CC(N)Cc2cccc(Cl)c2F)s1. The predicted octanol–water partition coefficient (Wildman–Crippen LogP) is 4.22. The van der Waals surface area contributed by atoms with Crippen molar-refractivity contribution in [2.45, 2.75) is 32.2 Å². The van der Waals surface area contributed by atoms with E-state index in [0.29, 0.717) is 12.0 Å². The highest BCUT2D eigenvalue weighted by molar-refractivity contribution is 7.11. The van der Waals surface area contributed by atoms with Crippen LogP contribution in [0.5, 0.6) is 0 Å². The molecule has 0 aliphatic heterocycles. The lowest BCUT2D eigenvalue weighted by Crippen LogP contribution is -2.25. The minimum Gasteiger partial charge on any atom is -0.327 e. The molecule has 1 aromatic carbocycles. The average molecular weight is 298 g/mol. The number of aryl methyl sites for hydroxylation is 1. The Kier molecular flexibility index (Phi) is 4.97. The number of benzene rings is 1. The van der Waals surface area contributed by atoms with Gasteiger partial charge in [0.25, 0.3) is 0 Å². The molecule has 4 heteroatoms. The summed E-state index contributed by atoms with van der Waals surface area (Å²) in [6, 6.07) is 9.21. The number of thiophene rings is 1. The Morgan fingerprint density at radius 3 is 2.63 bits per heavy atom. The van der Waals surface area contributed by atoms with Gasteiger partial charge >= 0.3 is 0 Å². The molecule has 1 unspecified atom stereocenters. The summed E-state index contributed by atoms with van der Waals surface area (Å²) in [5.74, 6) is -0.347.